The fourth-order valence-electron chi connectivity index (χ4n) is 16.3. The molecule has 23 rings (SSSR count). The molecule has 0 unspecified atom stereocenters. The Morgan fingerprint density at radius 1 is 0.186 bits per heavy atom. The molecule has 15 heteroatoms. The summed E-state index contributed by atoms with van der Waals surface area (Å²) in [6, 6.07) is 119. The molecule has 0 amide bonds. The van der Waals surface area contributed by atoms with E-state index in [1.165, 1.54) is 74.9 Å². The van der Waals surface area contributed by atoms with Gasteiger partial charge in [-0.2, -0.15) is 19.9 Å². The van der Waals surface area contributed by atoms with E-state index in [1.807, 2.05) is 84.1 Å². The predicted molar refractivity (Wildman–Crippen MR) is 459 cm³/mol. The smallest absolute Gasteiger partial charge is 0.238 e. The first-order chi connectivity index (χ1) is 56.0. The fourth-order valence-corrected chi connectivity index (χ4v) is 17.4. The van der Waals surface area contributed by atoms with Gasteiger partial charge in [0.1, 0.15) is 22.8 Å². The summed E-state index contributed by atoms with van der Waals surface area (Å²) in [6.45, 7) is 0. The van der Waals surface area contributed by atoms with Gasteiger partial charge in [-0.3, -0.25) is 29.1 Å². The van der Waals surface area contributed by atoms with Crippen molar-refractivity contribution in [2.75, 3.05) is 0 Å². The van der Waals surface area contributed by atoms with Crippen molar-refractivity contribution >= 4 is 119 Å². The molecule has 0 N–H and O–H groups in total. The minimum atomic E-state index is 0.484. The molecule has 0 atom stereocenters. The molecule has 0 spiro atoms. The van der Waals surface area contributed by atoms with Crippen LogP contribution in [0.25, 0.3) is 210 Å². The van der Waals surface area contributed by atoms with Gasteiger partial charge in [0.25, 0.3) is 0 Å². The number of rotatable bonds is 11. The highest BCUT2D eigenvalue weighted by atomic mass is 32.1. The Morgan fingerprint density at radius 2 is 0.504 bits per heavy atom. The molecule has 11 aromatic heterocycles. The second-order valence-corrected chi connectivity index (χ2v) is 29.0. The van der Waals surface area contributed by atoms with Crippen LogP contribution in [0.5, 0.6) is 0 Å². The second kappa shape index (κ2) is 26.8. The third kappa shape index (κ3) is 11.2. The lowest BCUT2D eigenvalue weighted by Gasteiger charge is -2.11. The summed E-state index contributed by atoms with van der Waals surface area (Å²) in [5.41, 5.74) is 20.6. The van der Waals surface area contributed by atoms with E-state index < -0.39 is 0 Å². The van der Waals surface area contributed by atoms with Crippen LogP contribution < -0.4 is 0 Å². The number of hydrogen-bond donors (Lipinski definition) is 0. The normalized spacial score (nSPS) is 11.7. The first-order valence-electron chi connectivity index (χ1n) is 37.4. The molecule has 0 aliphatic heterocycles. The van der Waals surface area contributed by atoms with Crippen LogP contribution in [0.4, 0.5) is 0 Å². The summed E-state index contributed by atoms with van der Waals surface area (Å²) in [6.07, 6.45) is 7.00. The van der Waals surface area contributed by atoms with Crippen molar-refractivity contribution in [2.45, 2.75) is 0 Å². The number of aromatic nitrogens is 14. The number of nitrogens with zero attached hydrogens (tertiary/aromatic N) is 14. The zero-order valence-corrected chi connectivity index (χ0v) is 61.1. The van der Waals surface area contributed by atoms with Gasteiger partial charge in [-0.15, -0.1) is 11.3 Å². The highest BCUT2D eigenvalue weighted by molar-refractivity contribution is 7.25. The minimum absolute atomic E-state index is 0.484. The van der Waals surface area contributed by atoms with Crippen molar-refractivity contribution in [2.24, 2.45) is 0 Å². The summed E-state index contributed by atoms with van der Waals surface area (Å²) in [7, 11) is 0. The van der Waals surface area contributed by atoms with Crippen LogP contribution in [0, 0.1) is 0 Å². The summed E-state index contributed by atoms with van der Waals surface area (Å²) in [4.78, 5) is 48.0. The number of pyridine rings is 4. The Labute approximate surface area is 649 Å². The maximum Gasteiger partial charge on any atom is 0.238 e. The Balaban J connectivity index is 0.000000138. The van der Waals surface area contributed by atoms with Crippen LogP contribution in [0.2, 0.25) is 0 Å². The lowest BCUT2D eigenvalue weighted by molar-refractivity contribution is 0.943. The molecular weight excluding hydrogens is 1410 g/mol. The predicted octanol–water partition coefficient (Wildman–Crippen LogP) is 23.7. The first kappa shape index (κ1) is 64.8. The van der Waals surface area contributed by atoms with Crippen LogP contribution >= 0.6 is 11.3 Å². The van der Waals surface area contributed by atoms with Gasteiger partial charge in [0, 0.05) is 99.4 Å². The number of benzene rings is 12. The molecule has 113 heavy (non-hydrogen) atoms. The van der Waals surface area contributed by atoms with Gasteiger partial charge in [-0.25, -0.2) is 9.97 Å². The second-order valence-electron chi connectivity index (χ2n) is 28.0. The molecule has 0 aliphatic rings. The molecule has 11 heterocycles. The number of hydrogen-bond acceptors (Lipinski definition) is 11. The van der Waals surface area contributed by atoms with Crippen LogP contribution in [-0.4, -0.2) is 68.1 Å². The van der Waals surface area contributed by atoms with Crippen LogP contribution in [0.1, 0.15) is 0 Å². The fraction of sp³-hybridized carbons (Fsp3) is 0. The molecule has 528 valence electrons. The summed E-state index contributed by atoms with van der Waals surface area (Å²) < 4.78 is 11.6. The van der Waals surface area contributed by atoms with Crippen LogP contribution in [-0.2, 0) is 0 Å². The van der Waals surface area contributed by atoms with Gasteiger partial charge >= 0.3 is 0 Å². The van der Waals surface area contributed by atoms with Gasteiger partial charge in [-0.05, 0) is 191 Å². The largest absolute Gasteiger partial charge is 0.309 e. The Kier molecular flexibility index (Phi) is 15.4. The maximum atomic E-state index is 5.02. The van der Waals surface area contributed by atoms with Crippen LogP contribution in [0.15, 0.2) is 365 Å². The van der Waals surface area contributed by atoms with Gasteiger partial charge in [0.15, 0.2) is 23.3 Å². The van der Waals surface area contributed by atoms with Crippen molar-refractivity contribution in [3.8, 4) is 103 Å². The SMILES string of the molecule is c1ccc(-c2cccc(-n3c4ccccc4c4cc(-c5ccc6c(c5)c5ccccc5n6-c5nc(-c6ccccn6)nc(-c6ccccn6)n5)ccc43)c2)cc1.c1ccc(-c2nc(-c3ccccn3)nc(-n3c4ccccc4c4cc(-c5ccc6c(c5)c5ccccc5n6-c5ccc6sc7ccccc7c6c5)ccc43)n2)nc1. The third-order valence-corrected chi connectivity index (χ3v) is 22.6. The van der Waals surface area contributed by atoms with E-state index in [4.69, 9.17) is 29.9 Å². The average Bonchev–Trinajstić information content (AvgIpc) is 1.59. The van der Waals surface area contributed by atoms with E-state index in [0.29, 0.717) is 58.0 Å². The van der Waals surface area contributed by atoms with E-state index >= 15 is 0 Å². The van der Waals surface area contributed by atoms with E-state index in [9.17, 15) is 0 Å². The van der Waals surface area contributed by atoms with Gasteiger partial charge in [0.2, 0.25) is 11.9 Å². The monoisotopic (exact) mass is 1460 g/mol. The van der Waals surface area contributed by atoms with Crippen molar-refractivity contribution in [1.82, 2.24) is 68.1 Å². The summed E-state index contributed by atoms with van der Waals surface area (Å²) in [5, 5.41) is 11.9. The number of thiophene rings is 1. The number of para-hydroxylation sites is 4. The van der Waals surface area contributed by atoms with Gasteiger partial charge in [0.05, 0.1) is 44.1 Å². The zero-order chi connectivity index (χ0) is 74.5. The number of fused-ring (bicyclic) bond motifs is 15. The summed E-state index contributed by atoms with van der Waals surface area (Å²) in [5.74, 6) is 2.95. The molecule has 0 saturated carbocycles. The third-order valence-electron chi connectivity index (χ3n) is 21.4. The highest BCUT2D eigenvalue weighted by Gasteiger charge is 2.24. The Bertz CT molecular complexity index is 7570. The van der Waals surface area contributed by atoms with Crippen molar-refractivity contribution in [3.63, 3.8) is 0 Å². The first-order valence-corrected chi connectivity index (χ1v) is 38.2. The maximum absolute atomic E-state index is 5.02. The van der Waals surface area contributed by atoms with Crippen molar-refractivity contribution < 1.29 is 0 Å². The van der Waals surface area contributed by atoms with Gasteiger partial charge in [-0.1, -0.05) is 182 Å². The molecule has 0 bridgehead atoms. The molecular formula is C98H60N14S. The molecule has 14 nitrogen and oxygen atoms in total. The van der Waals surface area contributed by atoms with E-state index in [-0.39, 0.29) is 0 Å². The van der Waals surface area contributed by atoms with Crippen LogP contribution in [0.3, 0.4) is 0 Å². The molecule has 23 aromatic rings. The van der Waals surface area contributed by atoms with Crippen molar-refractivity contribution in [3.05, 3.63) is 365 Å². The van der Waals surface area contributed by atoms with E-state index in [2.05, 4.69) is 305 Å². The lowest BCUT2D eigenvalue weighted by Crippen LogP contribution is -2.07. The summed E-state index contributed by atoms with van der Waals surface area (Å²) >= 11 is 1.85. The highest BCUT2D eigenvalue weighted by Crippen LogP contribution is 2.43. The molecule has 0 saturated heterocycles. The van der Waals surface area contributed by atoms with Gasteiger partial charge < -0.3 is 9.13 Å². The molecule has 0 fully saturated rings. The average molecular weight is 1470 g/mol. The Morgan fingerprint density at radius 3 is 0.912 bits per heavy atom. The quantitative estimate of drug-likeness (QED) is 0.122. The zero-order valence-electron chi connectivity index (χ0n) is 60.3. The van der Waals surface area contributed by atoms with Crippen molar-refractivity contribution in [1.29, 1.82) is 0 Å². The molecule has 12 aromatic carbocycles. The standard InChI is InChI=1S/C49H29N7S.C49H31N7/c1-4-16-41-33(11-1)36-27-30(19-22-43(36)55(41)32-21-24-46-38(29-32)35-13-3-6-18-45(35)57-46)31-20-23-44-37(28-31)34-12-2-5-17-42(34)56(44)49-53-47(39-14-7-9-25-50-39)52-48(54-49)40-15-8-10-26-51-40;1-2-13-32(14-3-1)33-15-12-16-36(29-33)55-43-21-6-4-17-37(43)39-30-34(23-25-45(39)55)35-24-26-46-40(31-35)38-18-5-7-22-44(38)56(46)49-53-47(41-19-8-10-27-50-41)52-48(54-49)42-20-9-11-28-51-42/h1-29H;1-31H. The topological polar surface area (TPSA) is 149 Å². The molecule has 0 aliphatic carbocycles. The molecule has 0 radical (unpaired) electrons. The lowest BCUT2D eigenvalue weighted by atomic mass is 10.0. The van der Waals surface area contributed by atoms with E-state index in [0.717, 1.165) is 77.2 Å². The van der Waals surface area contributed by atoms with E-state index in [1.54, 1.807) is 24.8 Å². The minimum Gasteiger partial charge on any atom is -0.309 e. The Hall–Kier alpha value is -15.3.